The van der Waals surface area contributed by atoms with Crippen LogP contribution in [0.5, 0.6) is 0 Å². The molecule has 0 fully saturated rings. The maximum atomic E-state index is 6.13. The van der Waals surface area contributed by atoms with Gasteiger partial charge in [-0.15, -0.1) is 0 Å². The normalized spacial score (nSPS) is 12.2. The van der Waals surface area contributed by atoms with Crippen LogP contribution in [0.4, 0.5) is 0 Å². The van der Waals surface area contributed by atoms with Gasteiger partial charge in [0.1, 0.15) is 0 Å². The van der Waals surface area contributed by atoms with E-state index in [0.29, 0.717) is 0 Å². The molecule has 0 unspecified atom stereocenters. The fourth-order valence-corrected chi connectivity index (χ4v) is 2.58. The highest BCUT2D eigenvalue weighted by Gasteiger charge is 2.14. The van der Waals surface area contributed by atoms with Crippen LogP contribution in [-0.2, 0) is 6.54 Å². The summed E-state index contributed by atoms with van der Waals surface area (Å²) >= 11 is 6.13. The van der Waals surface area contributed by atoms with Crippen molar-refractivity contribution in [1.82, 2.24) is 20.1 Å². The Morgan fingerprint density at radius 1 is 1.09 bits per heavy atom. The molecule has 0 aliphatic carbocycles. The molecule has 0 spiro atoms. The van der Waals surface area contributed by atoms with E-state index in [1.165, 1.54) is 0 Å². The highest BCUT2D eigenvalue weighted by molar-refractivity contribution is 6.30. The minimum absolute atomic E-state index is 0.00969. The van der Waals surface area contributed by atoms with Gasteiger partial charge in [-0.2, -0.15) is 5.10 Å². The number of hydrogen-bond acceptors (Lipinski definition) is 3. The predicted octanol–water partition coefficient (Wildman–Crippen LogP) is 3.31. The van der Waals surface area contributed by atoms with Gasteiger partial charge in [-0.25, -0.2) is 0 Å². The Kier molecular flexibility index (Phi) is 4.83. The maximum absolute atomic E-state index is 6.13. The minimum Gasteiger partial charge on any atom is -0.303 e. The largest absolute Gasteiger partial charge is 0.303 e. The first kappa shape index (κ1) is 14.8. The molecule has 22 heavy (non-hydrogen) atoms. The van der Waals surface area contributed by atoms with Crippen molar-refractivity contribution in [3.63, 3.8) is 0 Å². The van der Waals surface area contributed by atoms with Crippen LogP contribution in [0.25, 0.3) is 0 Å². The third kappa shape index (κ3) is 3.72. The zero-order chi connectivity index (χ0) is 15.2. The number of hydrogen-bond donors (Lipinski definition) is 1. The Bertz CT molecular complexity index is 698. The molecule has 2 aromatic heterocycles. The van der Waals surface area contributed by atoms with Gasteiger partial charge in [0, 0.05) is 30.2 Å². The van der Waals surface area contributed by atoms with Gasteiger partial charge in [0.2, 0.25) is 0 Å². The minimum atomic E-state index is 0.00969. The molecule has 0 saturated carbocycles. The van der Waals surface area contributed by atoms with Gasteiger partial charge in [-0.1, -0.05) is 29.8 Å². The number of aromatic nitrogens is 3. The quantitative estimate of drug-likeness (QED) is 0.759. The molecular formula is C17H17ClN4. The zero-order valence-corrected chi connectivity index (χ0v) is 12.8. The highest BCUT2D eigenvalue weighted by atomic mass is 35.5. The first-order valence-corrected chi connectivity index (χ1v) is 7.58. The summed E-state index contributed by atoms with van der Waals surface area (Å²) in [5, 5.41) is 8.48. The lowest BCUT2D eigenvalue weighted by Gasteiger charge is -2.19. The van der Waals surface area contributed by atoms with Crippen LogP contribution in [0.3, 0.4) is 0 Å². The van der Waals surface area contributed by atoms with Crippen molar-refractivity contribution in [3.8, 4) is 0 Å². The molecule has 3 rings (SSSR count). The van der Waals surface area contributed by atoms with E-state index in [2.05, 4.69) is 21.5 Å². The lowest BCUT2D eigenvalue weighted by atomic mass is 10.0. The summed E-state index contributed by atoms with van der Waals surface area (Å²) in [5.74, 6) is 0. The highest BCUT2D eigenvalue weighted by Crippen LogP contribution is 2.22. The van der Waals surface area contributed by atoms with Crippen LogP contribution in [0.1, 0.15) is 17.3 Å². The summed E-state index contributed by atoms with van der Waals surface area (Å²) in [6.45, 7) is 1.59. The van der Waals surface area contributed by atoms with Crippen molar-refractivity contribution in [2.24, 2.45) is 0 Å². The lowest BCUT2D eigenvalue weighted by molar-refractivity contribution is 0.517. The molecule has 0 aliphatic rings. The van der Waals surface area contributed by atoms with Gasteiger partial charge in [0.25, 0.3) is 0 Å². The predicted molar refractivity (Wildman–Crippen MR) is 87.8 cm³/mol. The van der Waals surface area contributed by atoms with Crippen LogP contribution in [0, 0.1) is 0 Å². The second kappa shape index (κ2) is 7.20. The second-order valence-electron chi connectivity index (χ2n) is 4.97. The second-order valence-corrected chi connectivity index (χ2v) is 5.40. The van der Waals surface area contributed by atoms with E-state index in [1.54, 1.807) is 6.20 Å². The first-order valence-electron chi connectivity index (χ1n) is 7.20. The molecule has 0 aliphatic heterocycles. The van der Waals surface area contributed by atoms with E-state index in [-0.39, 0.29) is 6.04 Å². The molecule has 1 N–H and O–H groups in total. The molecular weight excluding hydrogens is 296 g/mol. The Hall–Kier alpha value is -2.17. The fraction of sp³-hybridized carbons (Fsp3) is 0.176. The van der Waals surface area contributed by atoms with Gasteiger partial charge in [0.15, 0.2) is 0 Å². The number of nitrogens with zero attached hydrogens (tertiary/aromatic N) is 3. The summed E-state index contributed by atoms with van der Waals surface area (Å²) in [6.07, 6.45) is 5.55. The molecule has 1 aromatic carbocycles. The Balaban J connectivity index is 1.77. The first-order chi connectivity index (χ1) is 10.8. The molecule has 3 aromatic rings. The van der Waals surface area contributed by atoms with E-state index in [9.17, 15) is 0 Å². The van der Waals surface area contributed by atoms with Gasteiger partial charge >= 0.3 is 0 Å². The standard InChI is InChI=1S/C17H17ClN4/c18-15-6-3-5-14(13-15)17(16-7-1-2-8-19-16)20-10-12-22-11-4-9-21-22/h1-9,11,13,17,20H,10,12H2/t17-/m1/s1. The molecule has 0 radical (unpaired) electrons. The van der Waals surface area contributed by atoms with Crippen molar-refractivity contribution < 1.29 is 0 Å². The van der Waals surface area contributed by atoms with E-state index in [0.717, 1.165) is 29.4 Å². The van der Waals surface area contributed by atoms with Crippen LogP contribution < -0.4 is 5.32 Å². The van der Waals surface area contributed by atoms with Gasteiger partial charge in [-0.05, 0) is 35.9 Å². The number of benzene rings is 1. The van der Waals surface area contributed by atoms with E-state index in [1.807, 2.05) is 59.5 Å². The van der Waals surface area contributed by atoms with Crippen molar-refractivity contribution in [2.75, 3.05) is 6.54 Å². The number of nitrogens with one attached hydrogen (secondary N) is 1. The SMILES string of the molecule is Clc1cccc([C@@H](NCCn2cccn2)c2ccccn2)c1. The Labute approximate surface area is 134 Å². The number of halogens is 1. The van der Waals surface area contributed by atoms with Gasteiger partial charge in [-0.3, -0.25) is 9.67 Å². The Morgan fingerprint density at radius 2 is 2.05 bits per heavy atom. The zero-order valence-electron chi connectivity index (χ0n) is 12.1. The molecule has 2 heterocycles. The average molecular weight is 313 g/mol. The summed E-state index contributed by atoms with van der Waals surface area (Å²) in [7, 11) is 0. The summed E-state index contributed by atoms with van der Waals surface area (Å²) in [4.78, 5) is 4.47. The van der Waals surface area contributed by atoms with Gasteiger partial charge in [0.05, 0.1) is 18.3 Å². The molecule has 0 saturated heterocycles. The third-order valence-electron chi connectivity index (χ3n) is 3.41. The Morgan fingerprint density at radius 3 is 2.77 bits per heavy atom. The molecule has 4 nitrogen and oxygen atoms in total. The van der Waals surface area contributed by atoms with Crippen molar-refractivity contribution in [3.05, 3.63) is 83.4 Å². The molecule has 5 heteroatoms. The summed E-state index contributed by atoms with van der Waals surface area (Å²) in [6, 6.07) is 15.7. The van der Waals surface area contributed by atoms with Crippen molar-refractivity contribution in [2.45, 2.75) is 12.6 Å². The topological polar surface area (TPSA) is 42.7 Å². The van der Waals surface area contributed by atoms with Crippen LogP contribution in [0.2, 0.25) is 5.02 Å². The van der Waals surface area contributed by atoms with E-state index >= 15 is 0 Å². The van der Waals surface area contributed by atoms with E-state index < -0.39 is 0 Å². The number of rotatable bonds is 6. The van der Waals surface area contributed by atoms with Gasteiger partial charge < -0.3 is 5.32 Å². The van der Waals surface area contributed by atoms with Crippen LogP contribution in [-0.4, -0.2) is 21.3 Å². The molecule has 0 amide bonds. The average Bonchev–Trinajstić information content (AvgIpc) is 3.06. The number of pyridine rings is 1. The van der Waals surface area contributed by atoms with Crippen LogP contribution in [0.15, 0.2) is 67.1 Å². The third-order valence-corrected chi connectivity index (χ3v) is 3.65. The van der Waals surface area contributed by atoms with Crippen molar-refractivity contribution >= 4 is 11.6 Å². The monoisotopic (exact) mass is 312 g/mol. The van der Waals surface area contributed by atoms with E-state index in [4.69, 9.17) is 11.6 Å². The molecule has 0 bridgehead atoms. The fourth-order valence-electron chi connectivity index (χ4n) is 2.38. The maximum Gasteiger partial charge on any atom is 0.0752 e. The lowest BCUT2D eigenvalue weighted by Crippen LogP contribution is -2.27. The summed E-state index contributed by atoms with van der Waals surface area (Å²) in [5.41, 5.74) is 2.08. The summed E-state index contributed by atoms with van der Waals surface area (Å²) < 4.78 is 1.90. The van der Waals surface area contributed by atoms with Crippen LogP contribution >= 0.6 is 11.6 Å². The smallest absolute Gasteiger partial charge is 0.0752 e. The molecule has 1 atom stereocenters. The van der Waals surface area contributed by atoms with Crippen molar-refractivity contribution in [1.29, 1.82) is 0 Å². The molecule has 112 valence electrons.